The van der Waals surface area contributed by atoms with Gasteiger partial charge in [-0.15, -0.1) is 0 Å². The zero-order valence-electron chi connectivity index (χ0n) is 80.6. The summed E-state index contributed by atoms with van der Waals surface area (Å²) >= 11 is 0. The van der Waals surface area contributed by atoms with Gasteiger partial charge in [0.2, 0.25) is 0 Å². The Morgan fingerprint density at radius 3 is 0.879 bits per heavy atom. The van der Waals surface area contributed by atoms with Gasteiger partial charge in [-0.05, 0) is 298 Å². The summed E-state index contributed by atoms with van der Waals surface area (Å²) in [5.41, 5.74) is 8.75. The summed E-state index contributed by atoms with van der Waals surface area (Å²) in [5, 5.41) is 57.6. The van der Waals surface area contributed by atoms with E-state index < -0.39 is 93.7 Å². The van der Waals surface area contributed by atoms with Crippen LogP contribution in [0.1, 0.15) is 176 Å². The normalized spacial score (nSPS) is 16.5. The minimum atomic E-state index is -4.07. The molecule has 0 aromatic heterocycles. The molecule has 4 heterocycles. The molecule has 12 rings (SSSR count). The molecule has 774 valence electrons. The van der Waals surface area contributed by atoms with E-state index in [0.29, 0.717) is 86.6 Å². The van der Waals surface area contributed by atoms with Crippen molar-refractivity contribution in [3.8, 4) is 51.7 Å². The molecule has 41 heteroatoms. The minimum Gasteiger partial charge on any atom is -0.497 e. The van der Waals surface area contributed by atoms with Crippen LogP contribution in [0.15, 0.2) is 208 Å². The molecular formula is C100H132N4O33S4. The summed E-state index contributed by atoms with van der Waals surface area (Å²) in [7, 11) is -4.87. The van der Waals surface area contributed by atoms with Gasteiger partial charge in [0.15, 0.2) is 58.3 Å². The molecule has 4 unspecified atom stereocenters. The second-order valence-electron chi connectivity index (χ2n) is 34.0. The molecule has 0 aliphatic carbocycles. The Hall–Kier alpha value is -10.8. The molecule has 8 aromatic rings. The summed E-state index contributed by atoms with van der Waals surface area (Å²) in [5.74, 6) is 1.96. The lowest BCUT2D eigenvalue weighted by molar-refractivity contribution is -0.135. The highest BCUT2D eigenvalue weighted by molar-refractivity contribution is 7.94. The third-order valence-electron chi connectivity index (χ3n) is 25.6. The first-order chi connectivity index (χ1) is 67.7. The SMILES string of the molecule is COc1ccc(C(C)(O)CCCCOc2ccc(S(=O)(=O)C3(C(=O)NO)CCOCC3)cc2)cc1.COc1ccc(C(CCCCOc2ccc(S(=O)(=O)C3(C(=O)NO)CCOCC3)cc2)OC)c(OC)c1.COc1ccc(C(CCCCOc2ccc(S(=O)(=O)C3(C(=O)NO)CCOCC3)cc2)OC)cc1.COc1ccc(C(O)CCCCOc2ccc(S(=O)(=O)C3(C(=O)NO)CCOCC3)cc2)cc1. The van der Waals surface area contributed by atoms with Crippen LogP contribution in [0.25, 0.3) is 0 Å². The number of sulfone groups is 4. The molecule has 4 aliphatic rings. The number of benzene rings is 8. The van der Waals surface area contributed by atoms with Crippen molar-refractivity contribution in [2.24, 2.45) is 0 Å². The molecule has 4 amide bonds. The highest BCUT2D eigenvalue weighted by Crippen LogP contribution is 2.43. The van der Waals surface area contributed by atoms with E-state index in [0.717, 1.165) is 90.9 Å². The number of carbonyl (C=O) groups excluding carboxylic acids is 4. The highest BCUT2D eigenvalue weighted by atomic mass is 32.2. The van der Waals surface area contributed by atoms with Crippen LogP contribution in [0.2, 0.25) is 0 Å². The molecule has 10 N–H and O–H groups in total. The summed E-state index contributed by atoms with van der Waals surface area (Å²) in [6.45, 7) is 4.42. The maximum Gasteiger partial charge on any atom is 0.265 e. The van der Waals surface area contributed by atoms with Gasteiger partial charge in [0.25, 0.3) is 23.6 Å². The van der Waals surface area contributed by atoms with Crippen molar-refractivity contribution >= 4 is 63.0 Å². The van der Waals surface area contributed by atoms with Crippen LogP contribution in [0.4, 0.5) is 0 Å². The van der Waals surface area contributed by atoms with Crippen molar-refractivity contribution in [1.82, 2.24) is 21.9 Å². The summed E-state index contributed by atoms with van der Waals surface area (Å²) in [4.78, 5) is 49.3. The molecule has 0 bridgehead atoms. The van der Waals surface area contributed by atoms with Gasteiger partial charge in [0, 0.05) is 78.7 Å². The number of nitrogens with one attached hydrogen (secondary N) is 4. The predicted octanol–water partition coefficient (Wildman–Crippen LogP) is 12.7. The maximum absolute atomic E-state index is 13.3. The zero-order valence-corrected chi connectivity index (χ0v) is 83.9. The van der Waals surface area contributed by atoms with Crippen LogP contribution in [-0.4, -0.2) is 236 Å². The fourth-order valence-corrected chi connectivity index (χ4v) is 24.6. The molecule has 0 saturated carbocycles. The number of hydrogen-bond donors (Lipinski definition) is 10. The Morgan fingerprint density at radius 1 is 0.333 bits per heavy atom. The monoisotopic (exact) mass is 2040 g/mol. The lowest BCUT2D eigenvalue weighted by Crippen LogP contribution is -2.54. The van der Waals surface area contributed by atoms with E-state index in [1.807, 2.05) is 91.0 Å². The van der Waals surface area contributed by atoms with E-state index in [9.17, 15) is 63.1 Å². The highest BCUT2D eigenvalue weighted by Gasteiger charge is 2.56. The Labute approximate surface area is 823 Å². The second-order valence-corrected chi connectivity index (χ2v) is 43.1. The molecule has 4 fully saturated rings. The lowest BCUT2D eigenvalue weighted by Gasteiger charge is -2.34. The lowest BCUT2D eigenvalue weighted by atomic mass is 9.90. The molecule has 141 heavy (non-hydrogen) atoms. The first-order valence-electron chi connectivity index (χ1n) is 46.3. The fraction of sp³-hybridized carbons (Fsp3) is 0.480. The third kappa shape index (κ3) is 28.8. The quantitative estimate of drug-likeness (QED) is 0.00962. The smallest absolute Gasteiger partial charge is 0.265 e. The van der Waals surface area contributed by atoms with Gasteiger partial charge in [0.05, 0.1) is 105 Å². The van der Waals surface area contributed by atoms with E-state index in [2.05, 4.69) is 0 Å². The van der Waals surface area contributed by atoms with E-state index in [1.54, 1.807) is 105 Å². The number of carbonyl (C=O) groups is 4. The summed E-state index contributed by atoms with van der Waals surface area (Å²) in [6.07, 6.45) is 7.91. The molecule has 8 aromatic carbocycles. The van der Waals surface area contributed by atoms with E-state index in [1.165, 1.54) is 70.5 Å². The van der Waals surface area contributed by atoms with Crippen molar-refractivity contribution in [1.29, 1.82) is 0 Å². The number of methoxy groups -OCH3 is 7. The minimum absolute atomic E-state index is 0.00206. The van der Waals surface area contributed by atoms with Gasteiger partial charge in [-0.1, -0.05) is 36.4 Å². The Balaban J connectivity index is 0.000000210. The number of unbranched alkanes of at least 4 members (excludes halogenated alkanes) is 4. The van der Waals surface area contributed by atoms with Crippen LogP contribution in [0.5, 0.6) is 51.7 Å². The van der Waals surface area contributed by atoms with Crippen molar-refractivity contribution in [2.75, 3.05) is 129 Å². The van der Waals surface area contributed by atoms with Crippen LogP contribution >= 0.6 is 0 Å². The van der Waals surface area contributed by atoms with Crippen LogP contribution in [-0.2, 0) is 92.5 Å². The van der Waals surface area contributed by atoms with Crippen molar-refractivity contribution in [3.63, 3.8) is 0 Å². The first kappa shape index (κ1) is 114. The molecule has 37 nitrogen and oxygen atoms in total. The summed E-state index contributed by atoms with van der Waals surface area (Å²) in [6, 6.07) is 51.8. The summed E-state index contributed by atoms with van der Waals surface area (Å²) < 4.78 is 181. The number of aliphatic hydroxyl groups is 2. The Morgan fingerprint density at radius 2 is 0.596 bits per heavy atom. The number of amides is 4. The van der Waals surface area contributed by atoms with Crippen LogP contribution in [0, 0.1) is 0 Å². The zero-order chi connectivity index (χ0) is 102. The fourth-order valence-electron chi connectivity index (χ4n) is 16.9. The molecule has 4 atom stereocenters. The van der Waals surface area contributed by atoms with E-state index in [4.69, 9.17) is 91.9 Å². The van der Waals surface area contributed by atoms with Gasteiger partial charge in [0.1, 0.15) is 51.7 Å². The topological polar surface area (TPSA) is 513 Å². The first-order valence-corrected chi connectivity index (χ1v) is 52.2. The molecule has 4 aliphatic heterocycles. The van der Waals surface area contributed by atoms with Crippen molar-refractivity contribution < 1.29 is 155 Å². The van der Waals surface area contributed by atoms with Crippen LogP contribution in [0.3, 0.4) is 0 Å². The number of hydroxylamine groups is 4. The third-order valence-corrected chi connectivity index (χ3v) is 35.7. The van der Waals surface area contributed by atoms with Gasteiger partial charge < -0.3 is 81.3 Å². The Kier molecular flexibility index (Phi) is 44.0. The standard InChI is InChI=1S/C26H35NO9S.2C25H33NO8S.C24H31NO8S/c1-32-20-9-12-22(24(18-20)34-3)23(33-2)6-4-5-15-36-19-7-10-21(11-8-19)37(30,31)26(25(28)27-29)13-16-35-17-14-26;1-24(28,19-5-7-20(32-2)8-6-19)13-3-4-16-34-21-9-11-22(12-10-21)35(30,31)25(23(27)26-29)14-17-33-18-15-25;1-31-20-8-6-19(7-9-20)23(32-2)5-3-4-16-34-21-10-12-22(13-11-21)35(29,30)25(24(27)26-28)14-17-33-18-15-25;1-31-19-7-5-18(6-8-19)22(26)4-2-3-15-33-20-9-11-21(12-10-20)34(29,30)24(23(27)25-28)13-16-32-17-14-24/h7-12,18,23,29H,4-6,13-17H2,1-3H3,(H,27,28);5-12,28-29H,3-4,13-18H2,1-2H3,(H,26,27);6-13,23,28H,3-5,14-18H2,1-2H3,(H,26,27);5-12,22,26,28H,2-4,13-17H2,1H3,(H,25,27). The van der Waals surface area contributed by atoms with E-state index in [-0.39, 0.29) is 136 Å². The number of aliphatic hydroxyl groups excluding tert-OH is 1. The molecule has 4 saturated heterocycles. The number of ether oxygens (including phenoxy) is 15. The van der Waals surface area contributed by atoms with Crippen LogP contribution < -0.4 is 64.6 Å². The maximum atomic E-state index is 13.3. The Bertz CT molecular complexity index is 5690. The second kappa shape index (κ2) is 54.6. The number of rotatable bonds is 47. The molecule has 0 radical (unpaired) electrons. The average Bonchev–Trinajstić information content (AvgIpc) is 0.759. The number of hydrogen-bond acceptors (Lipinski definition) is 33. The van der Waals surface area contributed by atoms with E-state index >= 15 is 0 Å². The van der Waals surface area contributed by atoms with Gasteiger partial charge in [-0.25, -0.2) is 55.6 Å². The van der Waals surface area contributed by atoms with Gasteiger partial charge in [-0.2, -0.15) is 0 Å². The van der Waals surface area contributed by atoms with Gasteiger partial charge in [-0.3, -0.25) is 40.0 Å². The average molecular weight is 2050 g/mol. The predicted molar refractivity (Wildman–Crippen MR) is 515 cm³/mol. The molecule has 0 spiro atoms. The largest absolute Gasteiger partial charge is 0.497 e. The van der Waals surface area contributed by atoms with Crippen molar-refractivity contribution in [3.05, 3.63) is 210 Å². The van der Waals surface area contributed by atoms with Crippen molar-refractivity contribution in [2.45, 2.75) is 198 Å². The van der Waals surface area contributed by atoms with Gasteiger partial charge >= 0.3 is 0 Å². The molecular weight excluding hydrogens is 1910 g/mol.